The Hall–Kier alpha value is -1.32. The van der Waals surface area contributed by atoms with Crippen molar-refractivity contribution >= 4 is 11.6 Å². The van der Waals surface area contributed by atoms with Crippen molar-refractivity contribution in [1.82, 2.24) is 9.97 Å². The van der Waals surface area contributed by atoms with Gasteiger partial charge >= 0.3 is 0 Å². The molecule has 108 valence electrons. The number of hydrogen-bond acceptors (Lipinski definition) is 4. The van der Waals surface area contributed by atoms with E-state index >= 15 is 0 Å². The van der Waals surface area contributed by atoms with Crippen LogP contribution in [-0.4, -0.2) is 24.1 Å². The molecule has 4 bridgehead atoms. The van der Waals surface area contributed by atoms with E-state index in [4.69, 9.17) is 10.7 Å². The monoisotopic (exact) mass is 272 g/mol. The second-order valence-electron chi connectivity index (χ2n) is 7.57. The molecular formula is C16H24N4. The third-order valence-corrected chi connectivity index (χ3v) is 5.70. The molecule has 20 heavy (non-hydrogen) atoms. The van der Waals surface area contributed by atoms with Gasteiger partial charge in [-0.15, -0.1) is 0 Å². The number of nitrogen functional groups attached to an aromatic ring is 1. The van der Waals surface area contributed by atoms with Crippen molar-refractivity contribution in [2.24, 2.45) is 17.8 Å². The summed E-state index contributed by atoms with van der Waals surface area (Å²) in [4.78, 5) is 11.5. The van der Waals surface area contributed by atoms with E-state index in [1.807, 2.05) is 25.1 Å². The summed E-state index contributed by atoms with van der Waals surface area (Å²) in [7, 11) is 4.04. The van der Waals surface area contributed by atoms with Gasteiger partial charge in [0.05, 0.1) is 0 Å². The highest BCUT2D eigenvalue weighted by molar-refractivity contribution is 5.46. The zero-order valence-corrected chi connectivity index (χ0v) is 12.5. The molecule has 4 nitrogen and oxygen atoms in total. The third kappa shape index (κ3) is 1.80. The maximum Gasteiger partial charge on any atom is 0.139 e. The number of anilines is 2. The van der Waals surface area contributed by atoms with E-state index in [0.717, 1.165) is 29.4 Å². The molecule has 1 aromatic rings. The zero-order valence-electron chi connectivity index (χ0n) is 12.5. The van der Waals surface area contributed by atoms with Gasteiger partial charge in [0.1, 0.15) is 17.5 Å². The van der Waals surface area contributed by atoms with Crippen LogP contribution in [0.5, 0.6) is 0 Å². The van der Waals surface area contributed by atoms with E-state index in [1.165, 1.54) is 38.5 Å². The van der Waals surface area contributed by atoms with Crippen LogP contribution in [0.3, 0.4) is 0 Å². The Balaban J connectivity index is 1.77. The highest BCUT2D eigenvalue weighted by Crippen LogP contribution is 2.60. The van der Waals surface area contributed by atoms with Crippen molar-refractivity contribution in [3.8, 4) is 0 Å². The summed E-state index contributed by atoms with van der Waals surface area (Å²) in [6.45, 7) is 0. The first-order chi connectivity index (χ1) is 9.54. The summed E-state index contributed by atoms with van der Waals surface area (Å²) in [6, 6.07) is 1.88. The minimum Gasteiger partial charge on any atom is -0.384 e. The predicted octanol–water partition coefficient (Wildman–Crippen LogP) is 2.59. The average molecular weight is 272 g/mol. The summed E-state index contributed by atoms with van der Waals surface area (Å²) < 4.78 is 0. The third-order valence-electron chi connectivity index (χ3n) is 5.70. The van der Waals surface area contributed by atoms with Gasteiger partial charge in [-0.3, -0.25) is 0 Å². The largest absolute Gasteiger partial charge is 0.384 e. The Morgan fingerprint density at radius 2 is 1.60 bits per heavy atom. The molecule has 0 aromatic carbocycles. The fraction of sp³-hybridized carbons (Fsp3) is 0.750. The molecule has 0 amide bonds. The number of aromatic nitrogens is 2. The maximum absolute atomic E-state index is 6.04. The number of rotatable bonds is 2. The number of hydrogen-bond donors (Lipinski definition) is 1. The molecule has 0 saturated heterocycles. The Labute approximate surface area is 120 Å². The van der Waals surface area contributed by atoms with Gasteiger partial charge in [-0.1, -0.05) is 0 Å². The molecule has 1 heterocycles. The highest BCUT2D eigenvalue weighted by atomic mass is 15.2. The molecule has 4 heteroatoms. The van der Waals surface area contributed by atoms with Crippen molar-refractivity contribution in [1.29, 1.82) is 0 Å². The van der Waals surface area contributed by atoms with Gasteiger partial charge in [-0.05, 0) is 56.3 Å². The SMILES string of the molecule is CN(C)c1cc(N)nc(C23CC4CC(CC(C4)C2)C3)n1. The summed E-state index contributed by atoms with van der Waals surface area (Å²) in [5.41, 5.74) is 6.27. The molecule has 0 aliphatic heterocycles. The van der Waals surface area contributed by atoms with Crippen LogP contribution in [0.2, 0.25) is 0 Å². The first kappa shape index (κ1) is 12.4. The van der Waals surface area contributed by atoms with Crippen molar-refractivity contribution in [3.63, 3.8) is 0 Å². The van der Waals surface area contributed by atoms with Crippen molar-refractivity contribution in [2.45, 2.75) is 43.9 Å². The van der Waals surface area contributed by atoms with Crippen LogP contribution in [-0.2, 0) is 5.41 Å². The van der Waals surface area contributed by atoms with E-state index in [9.17, 15) is 0 Å². The predicted molar refractivity (Wildman–Crippen MR) is 80.6 cm³/mol. The van der Waals surface area contributed by atoms with Gasteiger partial charge in [0.25, 0.3) is 0 Å². The lowest BCUT2D eigenvalue weighted by Gasteiger charge is -2.56. The Morgan fingerprint density at radius 1 is 1.05 bits per heavy atom. The summed E-state index contributed by atoms with van der Waals surface area (Å²) in [6.07, 6.45) is 8.20. The fourth-order valence-corrected chi connectivity index (χ4v) is 5.30. The quantitative estimate of drug-likeness (QED) is 0.899. The van der Waals surface area contributed by atoms with Crippen molar-refractivity contribution in [2.75, 3.05) is 24.7 Å². The lowest BCUT2D eigenvalue weighted by molar-refractivity contribution is -0.00928. The van der Waals surface area contributed by atoms with Gasteiger partial charge in [0.15, 0.2) is 0 Å². The van der Waals surface area contributed by atoms with Gasteiger partial charge in [0.2, 0.25) is 0 Å². The minimum absolute atomic E-state index is 0.231. The Morgan fingerprint density at radius 3 is 2.10 bits per heavy atom. The Bertz CT molecular complexity index is 502. The zero-order chi connectivity index (χ0) is 13.9. The molecule has 4 aliphatic rings. The first-order valence-corrected chi connectivity index (χ1v) is 7.86. The van der Waals surface area contributed by atoms with Crippen LogP contribution in [0.15, 0.2) is 6.07 Å². The lowest BCUT2D eigenvalue weighted by Crippen LogP contribution is -2.49. The highest BCUT2D eigenvalue weighted by Gasteiger charge is 2.53. The second-order valence-corrected chi connectivity index (χ2v) is 7.57. The van der Waals surface area contributed by atoms with Gasteiger partial charge in [-0.25, -0.2) is 9.97 Å². The molecule has 0 spiro atoms. The van der Waals surface area contributed by atoms with E-state index in [0.29, 0.717) is 5.82 Å². The van der Waals surface area contributed by atoms with Crippen LogP contribution < -0.4 is 10.6 Å². The normalized spacial score (nSPS) is 38.2. The number of nitrogens with two attached hydrogens (primary N) is 1. The fourth-order valence-electron chi connectivity index (χ4n) is 5.30. The van der Waals surface area contributed by atoms with Crippen LogP contribution in [0.25, 0.3) is 0 Å². The number of nitrogens with zero attached hydrogens (tertiary/aromatic N) is 3. The van der Waals surface area contributed by atoms with Gasteiger partial charge in [0, 0.05) is 25.6 Å². The topological polar surface area (TPSA) is 55.0 Å². The van der Waals surface area contributed by atoms with Crippen molar-refractivity contribution < 1.29 is 0 Å². The van der Waals surface area contributed by atoms with Crippen LogP contribution in [0, 0.1) is 17.8 Å². The molecule has 4 saturated carbocycles. The minimum atomic E-state index is 0.231. The molecule has 4 fully saturated rings. The maximum atomic E-state index is 6.04. The molecule has 4 aliphatic carbocycles. The van der Waals surface area contributed by atoms with Crippen LogP contribution >= 0.6 is 0 Å². The van der Waals surface area contributed by atoms with Crippen molar-refractivity contribution in [3.05, 3.63) is 11.9 Å². The van der Waals surface area contributed by atoms with Crippen LogP contribution in [0.4, 0.5) is 11.6 Å². The molecule has 1 aromatic heterocycles. The molecule has 0 atom stereocenters. The van der Waals surface area contributed by atoms with E-state index in [-0.39, 0.29) is 5.41 Å². The van der Waals surface area contributed by atoms with E-state index in [1.54, 1.807) is 0 Å². The summed E-state index contributed by atoms with van der Waals surface area (Å²) in [5, 5.41) is 0. The summed E-state index contributed by atoms with van der Waals surface area (Å²) >= 11 is 0. The lowest BCUT2D eigenvalue weighted by atomic mass is 9.49. The average Bonchev–Trinajstić information content (AvgIpc) is 2.36. The van der Waals surface area contributed by atoms with E-state index in [2.05, 4.69) is 4.98 Å². The molecule has 0 radical (unpaired) electrons. The molecular weight excluding hydrogens is 248 g/mol. The summed E-state index contributed by atoms with van der Waals surface area (Å²) in [5.74, 6) is 5.33. The van der Waals surface area contributed by atoms with E-state index < -0.39 is 0 Å². The van der Waals surface area contributed by atoms with Crippen LogP contribution in [0.1, 0.15) is 44.3 Å². The molecule has 5 rings (SSSR count). The Kier molecular flexibility index (Phi) is 2.54. The smallest absolute Gasteiger partial charge is 0.139 e. The first-order valence-electron chi connectivity index (χ1n) is 7.86. The standard InChI is InChI=1S/C16H24N4/c1-20(2)14-6-13(17)18-15(19-14)16-7-10-3-11(8-16)5-12(4-10)9-16/h6,10-12H,3-5,7-9H2,1-2H3,(H2,17,18,19). The van der Waals surface area contributed by atoms with Gasteiger partial charge in [-0.2, -0.15) is 0 Å². The molecule has 2 N–H and O–H groups in total. The van der Waals surface area contributed by atoms with Gasteiger partial charge < -0.3 is 10.6 Å². The molecule has 0 unspecified atom stereocenters. The second kappa shape index (κ2) is 4.09.